The lowest BCUT2D eigenvalue weighted by molar-refractivity contribution is 0.211. The Labute approximate surface area is 229 Å². The van der Waals surface area contributed by atoms with Gasteiger partial charge in [0.1, 0.15) is 11.8 Å². The first-order chi connectivity index (χ1) is 17.8. The molecule has 0 aliphatic carbocycles. The molecule has 1 aromatic carbocycles. The van der Waals surface area contributed by atoms with Gasteiger partial charge < -0.3 is 9.64 Å². The SMILES string of the molecule is CC(C)S(=O)(=O)N1CCN(c2cnn(-c3cccc(Cl)c3)c(=O)c2OC2CCN(S(=O)(=O)C(C)C)C2)CC1. The Morgan fingerprint density at radius 3 is 2.18 bits per heavy atom. The summed E-state index contributed by atoms with van der Waals surface area (Å²) in [6.45, 7) is 8.24. The molecule has 1 unspecified atom stereocenters. The standard InChI is InChI=1S/C24H34ClN5O6S2/c1-17(2)37(32,33)28-12-10-27(11-13-28)22-15-26-30(20-7-5-6-19(25)14-20)24(31)23(22)36-21-8-9-29(16-21)38(34,35)18(3)4/h5-7,14-15,17-18,21H,8-13,16H2,1-4H3. The highest BCUT2D eigenvalue weighted by atomic mass is 35.5. The van der Waals surface area contributed by atoms with Gasteiger partial charge in [0, 0.05) is 37.7 Å². The molecule has 2 aliphatic heterocycles. The molecule has 38 heavy (non-hydrogen) atoms. The van der Waals surface area contributed by atoms with Crippen molar-refractivity contribution in [3.05, 3.63) is 45.8 Å². The maximum atomic E-state index is 13.7. The molecule has 1 atom stereocenters. The van der Waals surface area contributed by atoms with Gasteiger partial charge in [-0.3, -0.25) is 4.79 Å². The van der Waals surface area contributed by atoms with E-state index in [4.69, 9.17) is 16.3 Å². The van der Waals surface area contributed by atoms with Gasteiger partial charge in [-0.05, 0) is 52.3 Å². The summed E-state index contributed by atoms with van der Waals surface area (Å²) >= 11 is 6.14. The first-order valence-corrected chi connectivity index (χ1v) is 16.0. The molecule has 14 heteroatoms. The molecule has 0 amide bonds. The van der Waals surface area contributed by atoms with Crippen LogP contribution in [0.2, 0.25) is 5.02 Å². The molecule has 4 rings (SSSR count). The average molecular weight is 588 g/mol. The number of sulfonamides is 2. The molecule has 2 aromatic rings. The Kier molecular flexibility index (Phi) is 8.43. The quantitative estimate of drug-likeness (QED) is 0.459. The third kappa shape index (κ3) is 5.71. The van der Waals surface area contributed by atoms with Crippen molar-refractivity contribution >= 4 is 37.3 Å². The van der Waals surface area contributed by atoms with Crippen LogP contribution in [-0.4, -0.2) is 91.1 Å². The van der Waals surface area contributed by atoms with Gasteiger partial charge in [0.2, 0.25) is 25.8 Å². The lowest BCUT2D eigenvalue weighted by Crippen LogP contribution is -2.50. The summed E-state index contributed by atoms with van der Waals surface area (Å²) < 4.78 is 60.9. The Morgan fingerprint density at radius 2 is 1.58 bits per heavy atom. The van der Waals surface area contributed by atoms with E-state index in [-0.39, 0.29) is 25.4 Å². The minimum Gasteiger partial charge on any atom is -0.481 e. The van der Waals surface area contributed by atoms with E-state index in [0.717, 1.165) is 0 Å². The second-order valence-electron chi connectivity index (χ2n) is 10.0. The third-order valence-electron chi connectivity index (χ3n) is 6.85. The van der Waals surface area contributed by atoms with Gasteiger partial charge >= 0.3 is 5.56 Å². The molecule has 210 valence electrons. The molecular formula is C24H34ClN5O6S2. The zero-order chi connectivity index (χ0) is 27.8. The van der Waals surface area contributed by atoms with Gasteiger partial charge in [0.25, 0.3) is 0 Å². The molecule has 0 N–H and O–H groups in total. The molecule has 0 bridgehead atoms. The number of halogens is 1. The lowest BCUT2D eigenvalue weighted by atomic mass is 10.2. The van der Waals surface area contributed by atoms with Crippen molar-refractivity contribution in [1.29, 1.82) is 0 Å². The second kappa shape index (κ2) is 11.1. The minimum atomic E-state index is -3.46. The predicted molar refractivity (Wildman–Crippen MR) is 147 cm³/mol. The molecule has 2 saturated heterocycles. The number of hydrogen-bond donors (Lipinski definition) is 0. The summed E-state index contributed by atoms with van der Waals surface area (Å²) in [7, 11) is -6.85. The topological polar surface area (TPSA) is 122 Å². The number of piperazine rings is 1. The fourth-order valence-electron chi connectivity index (χ4n) is 4.53. The van der Waals surface area contributed by atoms with Crippen molar-refractivity contribution in [2.24, 2.45) is 0 Å². The molecule has 3 heterocycles. The number of nitrogens with zero attached hydrogens (tertiary/aromatic N) is 5. The maximum absolute atomic E-state index is 13.7. The highest BCUT2D eigenvalue weighted by molar-refractivity contribution is 7.90. The van der Waals surface area contributed by atoms with Crippen molar-refractivity contribution in [2.45, 2.75) is 50.7 Å². The van der Waals surface area contributed by atoms with E-state index in [0.29, 0.717) is 42.5 Å². The summed E-state index contributed by atoms with van der Waals surface area (Å²) in [6, 6.07) is 6.71. The molecule has 0 radical (unpaired) electrons. The van der Waals surface area contributed by atoms with Crippen molar-refractivity contribution < 1.29 is 21.6 Å². The van der Waals surface area contributed by atoms with E-state index >= 15 is 0 Å². The smallest absolute Gasteiger partial charge is 0.316 e. The lowest BCUT2D eigenvalue weighted by Gasteiger charge is -2.36. The van der Waals surface area contributed by atoms with E-state index in [1.165, 1.54) is 19.5 Å². The fraction of sp³-hybridized carbons (Fsp3) is 0.583. The maximum Gasteiger partial charge on any atom is 0.316 e. The number of aromatic nitrogens is 2. The van der Waals surface area contributed by atoms with Crippen LogP contribution in [0.1, 0.15) is 34.1 Å². The van der Waals surface area contributed by atoms with Crippen molar-refractivity contribution in [3.63, 3.8) is 0 Å². The Bertz CT molecular complexity index is 1440. The molecule has 2 aliphatic rings. The predicted octanol–water partition coefficient (Wildman–Crippen LogP) is 1.94. The van der Waals surface area contributed by atoms with E-state index in [9.17, 15) is 21.6 Å². The molecule has 0 spiro atoms. The Balaban J connectivity index is 1.66. The highest BCUT2D eigenvalue weighted by Crippen LogP contribution is 2.30. The van der Waals surface area contributed by atoms with E-state index in [2.05, 4.69) is 5.10 Å². The van der Waals surface area contributed by atoms with Crippen LogP contribution in [0.15, 0.2) is 35.3 Å². The average Bonchev–Trinajstić information content (AvgIpc) is 3.34. The first-order valence-electron chi connectivity index (χ1n) is 12.6. The number of hydrogen-bond acceptors (Lipinski definition) is 8. The fourth-order valence-corrected chi connectivity index (χ4v) is 7.31. The molecule has 2 fully saturated rings. The summed E-state index contributed by atoms with van der Waals surface area (Å²) in [5.41, 5.74) is 0.398. The van der Waals surface area contributed by atoms with Gasteiger partial charge in [-0.1, -0.05) is 17.7 Å². The summed E-state index contributed by atoms with van der Waals surface area (Å²) in [4.78, 5) is 15.6. The van der Waals surface area contributed by atoms with Gasteiger partial charge in [0.05, 0.1) is 28.9 Å². The van der Waals surface area contributed by atoms with Gasteiger partial charge in [0.15, 0.2) is 0 Å². The van der Waals surface area contributed by atoms with E-state index in [1.807, 2.05) is 4.90 Å². The molecule has 11 nitrogen and oxygen atoms in total. The van der Waals surface area contributed by atoms with Crippen molar-refractivity contribution in [3.8, 4) is 11.4 Å². The zero-order valence-corrected chi connectivity index (χ0v) is 24.3. The molecule has 0 saturated carbocycles. The Morgan fingerprint density at radius 1 is 0.947 bits per heavy atom. The van der Waals surface area contributed by atoms with Crippen LogP contribution >= 0.6 is 11.6 Å². The Hall–Kier alpha value is -2.19. The van der Waals surface area contributed by atoms with Crippen molar-refractivity contribution in [1.82, 2.24) is 18.4 Å². The largest absolute Gasteiger partial charge is 0.481 e. The number of rotatable bonds is 8. The highest BCUT2D eigenvalue weighted by Gasteiger charge is 2.36. The number of anilines is 1. The van der Waals surface area contributed by atoms with Crippen LogP contribution in [0.25, 0.3) is 5.69 Å². The van der Waals surface area contributed by atoms with Crippen molar-refractivity contribution in [2.75, 3.05) is 44.2 Å². The second-order valence-corrected chi connectivity index (χ2v) is 15.4. The minimum absolute atomic E-state index is 0.0499. The van der Waals surface area contributed by atoms with Crippen LogP contribution in [0.3, 0.4) is 0 Å². The van der Waals surface area contributed by atoms with Crippen LogP contribution in [-0.2, 0) is 20.0 Å². The van der Waals surface area contributed by atoms with E-state index in [1.54, 1.807) is 52.0 Å². The van der Waals surface area contributed by atoms with Crippen LogP contribution < -0.4 is 15.2 Å². The number of ether oxygens (including phenoxy) is 1. The third-order valence-corrected chi connectivity index (χ3v) is 11.6. The summed E-state index contributed by atoms with van der Waals surface area (Å²) in [5.74, 6) is 0.0499. The van der Waals surface area contributed by atoms with Crippen LogP contribution in [0, 0.1) is 0 Å². The molecular weight excluding hydrogens is 554 g/mol. The van der Waals surface area contributed by atoms with Gasteiger partial charge in [-0.15, -0.1) is 0 Å². The zero-order valence-electron chi connectivity index (χ0n) is 21.9. The van der Waals surface area contributed by atoms with Crippen LogP contribution in [0.5, 0.6) is 5.75 Å². The number of benzene rings is 1. The monoisotopic (exact) mass is 587 g/mol. The molecule has 1 aromatic heterocycles. The van der Waals surface area contributed by atoms with E-state index < -0.39 is 42.2 Å². The normalized spacial score (nSPS) is 20.0. The van der Waals surface area contributed by atoms with Crippen LogP contribution in [0.4, 0.5) is 5.69 Å². The first kappa shape index (κ1) is 28.8. The van der Waals surface area contributed by atoms with Gasteiger partial charge in [-0.25, -0.2) is 16.8 Å². The van der Waals surface area contributed by atoms with Gasteiger partial charge in [-0.2, -0.15) is 18.4 Å². The summed E-state index contributed by atoms with van der Waals surface area (Å²) in [5, 5.41) is 3.72. The summed E-state index contributed by atoms with van der Waals surface area (Å²) in [6.07, 6.45) is 1.44.